The van der Waals surface area contributed by atoms with E-state index in [9.17, 15) is 8.42 Å². The molecule has 1 aliphatic heterocycles. The number of anilines is 1. The van der Waals surface area contributed by atoms with Crippen molar-refractivity contribution >= 4 is 26.5 Å². The van der Waals surface area contributed by atoms with E-state index in [2.05, 4.69) is 15.0 Å². The lowest BCUT2D eigenvalue weighted by Crippen LogP contribution is -2.33. The van der Waals surface area contributed by atoms with Gasteiger partial charge >= 0.3 is 0 Å². The van der Waals surface area contributed by atoms with Gasteiger partial charge in [0.1, 0.15) is 0 Å². The predicted octanol–water partition coefficient (Wildman–Crippen LogP) is 1.73. The van der Waals surface area contributed by atoms with Gasteiger partial charge in [-0.05, 0) is 26.3 Å². The monoisotopic (exact) mass is 319 g/mol. The quantitative estimate of drug-likeness (QED) is 0.835. The zero-order valence-electron chi connectivity index (χ0n) is 11.8. The van der Waals surface area contributed by atoms with Crippen molar-refractivity contribution in [1.29, 1.82) is 0 Å². The number of ether oxygens (including phenoxy) is 1. The maximum atomic E-state index is 12.2. The van der Waals surface area contributed by atoms with Crippen LogP contribution < -0.4 is 10.0 Å². The number of hydrogen-bond donors (Lipinski definition) is 2. The van der Waals surface area contributed by atoms with Gasteiger partial charge in [-0.3, -0.25) is 4.72 Å². The van der Waals surface area contributed by atoms with Crippen LogP contribution in [0.15, 0.2) is 5.38 Å². The maximum Gasteiger partial charge on any atom is 0.237 e. The molecule has 1 saturated heterocycles. The minimum atomic E-state index is -3.36. The van der Waals surface area contributed by atoms with Crippen LogP contribution in [0.2, 0.25) is 0 Å². The van der Waals surface area contributed by atoms with Crippen molar-refractivity contribution in [2.24, 2.45) is 0 Å². The first kappa shape index (κ1) is 15.7. The van der Waals surface area contributed by atoms with E-state index in [1.807, 2.05) is 19.2 Å². The van der Waals surface area contributed by atoms with E-state index in [1.54, 1.807) is 0 Å². The fourth-order valence-electron chi connectivity index (χ4n) is 2.13. The van der Waals surface area contributed by atoms with Gasteiger partial charge in [0, 0.05) is 24.6 Å². The van der Waals surface area contributed by atoms with Gasteiger partial charge in [-0.1, -0.05) is 6.92 Å². The lowest BCUT2D eigenvalue weighted by atomic mass is 10.2. The van der Waals surface area contributed by atoms with Crippen LogP contribution in [0.3, 0.4) is 0 Å². The fourth-order valence-corrected chi connectivity index (χ4v) is 4.59. The van der Waals surface area contributed by atoms with Gasteiger partial charge in [-0.25, -0.2) is 13.4 Å². The Morgan fingerprint density at radius 1 is 1.50 bits per heavy atom. The Morgan fingerprint density at radius 2 is 2.20 bits per heavy atom. The first-order valence-electron chi connectivity index (χ1n) is 6.81. The summed E-state index contributed by atoms with van der Waals surface area (Å²) in [5.74, 6) is 0. The van der Waals surface area contributed by atoms with E-state index in [0.717, 1.165) is 12.2 Å². The molecule has 2 rings (SSSR count). The topological polar surface area (TPSA) is 80.3 Å². The molecular formula is C12H21N3O3S2. The Balaban J connectivity index is 2.02. The van der Waals surface area contributed by atoms with E-state index in [-0.39, 0.29) is 11.3 Å². The molecule has 0 saturated carbocycles. The molecule has 0 bridgehead atoms. The molecule has 0 spiro atoms. The third-order valence-electron chi connectivity index (χ3n) is 3.31. The van der Waals surface area contributed by atoms with Crippen molar-refractivity contribution in [2.45, 2.75) is 38.0 Å². The van der Waals surface area contributed by atoms with Crippen LogP contribution in [-0.4, -0.2) is 38.4 Å². The normalized spacial score (nSPS) is 18.9. The number of hydrogen-bond acceptors (Lipinski definition) is 6. The van der Waals surface area contributed by atoms with Gasteiger partial charge in [0.05, 0.1) is 10.9 Å². The molecule has 1 atom stereocenters. The van der Waals surface area contributed by atoms with Crippen LogP contribution >= 0.6 is 11.3 Å². The second-order valence-electron chi connectivity index (χ2n) is 4.82. The Bertz CT molecular complexity index is 524. The highest BCUT2D eigenvalue weighted by molar-refractivity contribution is 7.93. The molecule has 1 fully saturated rings. The summed E-state index contributed by atoms with van der Waals surface area (Å²) in [5, 5.41) is 5.20. The lowest BCUT2D eigenvalue weighted by molar-refractivity contribution is 0.0984. The Hall–Kier alpha value is -0.700. The maximum absolute atomic E-state index is 12.2. The minimum Gasteiger partial charge on any atom is -0.381 e. The van der Waals surface area contributed by atoms with Crippen molar-refractivity contribution in [3.63, 3.8) is 0 Å². The Labute approximate surface area is 124 Å². The smallest absolute Gasteiger partial charge is 0.237 e. The SMILES string of the molecule is CCNC(C)c1csc(NS(=O)(=O)C2CCOCC2)n1. The van der Waals surface area contributed by atoms with E-state index < -0.39 is 10.0 Å². The zero-order valence-corrected chi connectivity index (χ0v) is 13.4. The van der Waals surface area contributed by atoms with Crippen molar-refractivity contribution in [3.8, 4) is 0 Å². The molecular weight excluding hydrogens is 298 g/mol. The van der Waals surface area contributed by atoms with Crippen LogP contribution in [0.4, 0.5) is 5.13 Å². The molecule has 0 aliphatic carbocycles. The largest absolute Gasteiger partial charge is 0.381 e. The van der Waals surface area contributed by atoms with Crippen molar-refractivity contribution in [1.82, 2.24) is 10.3 Å². The molecule has 114 valence electrons. The van der Waals surface area contributed by atoms with Crippen LogP contribution in [0.25, 0.3) is 0 Å². The summed E-state index contributed by atoms with van der Waals surface area (Å²) in [6, 6.07) is 0.123. The number of thiazole rings is 1. The highest BCUT2D eigenvalue weighted by atomic mass is 32.2. The third-order valence-corrected chi connectivity index (χ3v) is 6.04. The van der Waals surface area contributed by atoms with Crippen molar-refractivity contribution < 1.29 is 13.2 Å². The Kier molecular flexibility index (Phi) is 5.36. The summed E-state index contributed by atoms with van der Waals surface area (Å²) < 4.78 is 32.3. The number of nitrogens with one attached hydrogen (secondary N) is 2. The summed E-state index contributed by atoms with van der Waals surface area (Å²) in [6.45, 7) is 5.90. The summed E-state index contributed by atoms with van der Waals surface area (Å²) in [7, 11) is -3.36. The second kappa shape index (κ2) is 6.84. The van der Waals surface area contributed by atoms with E-state index in [1.165, 1.54) is 11.3 Å². The van der Waals surface area contributed by atoms with Crippen LogP contribution in [-0.2, 0) is 14.8 Å². The minimum absolute atomic E-state index is 0.123. The number of nitrogens with zero attached hydrogens (tertiary/aromatic N) is 1. The van der Waals surface area contributed by atoms with Crippen LogP contribution in [0.5, 0.6) is 0 Å². The predicted molar refractivity (Wildman–Crippen MR) is 80.6 cm³/mol. The van der Waals surface area contributed by atoms with Crippen molar-refractivity contribution in [2.75, 3.05) is 24.5 Å². The van der Waals surface area contributed by atoms with Crippen LogP contribution in [0.1, 0.15) is 38.4 Å². The highest BCUT2D eigenvalue weighted by Crippen LogP contribution is 2.24. The summed E-state index contributed by atoms with van der Waals surface area (Å²) in [4.78, 5) is 4.34. The molecule has 0 radical (unpaired) electrons. The van der Waals surface area contributed by atoms with Gasteiger partial charge in [0.25, 0.3) is 0 Å². The summed E-state index contributed by atoms with van der Waals surface area (Å²) in [6.07, 6.45) is 1.09. The van der Waals surface area contributed by atoms with E-state index in [0.29, 0.717) is 31.2 Å². The third kappa shape index (κ3) is 3.91. The fraction of sp³-hybridized carbons (Fsp3) is 0.750. The number of aromatic nitrogens is 1. The zero-order chi connectivity index (χ0) is 14.6. The number of sulfonamides is 1. The van der Waals surface area contributed by atoms with Gasteiger partial charge in [0.2, 0.25) is 10.0 Å². The van der Waals surface area contributed by atoms with E-state index in [4.69, 9.17) is 4.74 Å². The molecule has 1 unspecified atom stereocenters. The molecule has 1 aromatic rings. The molecule has 1 aromatic heterocycles. The molecule has 6 nitrogen and oxygen atoms in total. The summed E-state index contributed by atoms with van der Waals surface area (Å²) in [5.41, 5.74) is 0.863. The van der Waals surface area contributed by atoms with Crippen LogP contribution in [0, 0.1) is 0 Å². The average molecular weight is 319 g/mol. The molecule has 20 heavy (non-hydrogen) atoms. The van der Waals surface area contributed by atoms with Crippen molar-refractivity contribution in [3.05, 3.63) is 11.1 Å². The highest BCUT2D eigenvalue weighted by Gasteiger charge is 2.28. The first-order valence-corrected chi connectivity index (χ1v) is 9.23. The van der Waals surface area contributed by atoms with Gasteiger partial charge in [-0.2, -0.15) is 0 Å². The van der Waals surface area contributed by atoms with E-state index >= 15 is 0 Å². The molecule has 2 heterocycles. The van der Waals surface area contributed by atoms with Gasteiger partial charge in [-0.15, -0.1) is 11.3 Å². The molecule has 2 N–H and O–H groups in total. The Morgan fingerprint density at radius 3 is 2.85 bits per heavy atom. The van der Waals surface area contributed by atoms with Gasteiger partial charge in [0.15, 0.2) is 5.13 Å². The second-order valence-corrected chi connectivity index (χ2v) is 7.63. The first-order chi connectivity index (χ1) is 9.53. The molecule has 0 amide bonds. The molecule has 1 aliphatic rings. The lowest BCUT2D eigenvalue weighted by Gasteiger charge is -2.21. The standard InChI is InChI=1S/C12H21N3O3S2/c1-3-13-9(2)11-8-19-12(14-11)15-20(16,17)10-4-6-18-7-5-10/h8-10,13H,3-7H2,1-2H3,(H,14,15). The molecule has 8 heteroatoms. The molecule has 0 aromatic carbocycles. The number of rotatable bonds is 6. The summed E-state index contributed by atoms with van der Waals surface area (Å²) >= 11 is 1.32. The average Bonchev–Trinajstić information content (AvgIpc) is 2.88. The van der Waals surface area contributed by atoms with Gasteiger partial charge < -0.3 is 10.1 Å².